The Morgan fingerprint density at radius 2 is 1.70 bits per heavy atom. The molecule has 0 bridgehead atoms. The van der Waals surface area contributed by atoms with Gasteiger partial charge in [0.05, 0.1) is 6.54 Å². The third kappa shape index (κ3) is 4.21. The quantitative estimate of drug-likeness (QED) is 0.790. The molecule has 1 saturated carbocycles. The van der Waals surface area contributed by atoms with E-state index < -0.39 is 0 Å². The average Bonchev–Trinajstić information content (AvgIpc) is 2.39. The van der Waals surface area contributed by atoms with E-state index in [-0.39, 0.29) is 0 Å². The maximum Gasteiger partial charge on any atom is 0.236 e. The normalized spacial score (nSPS) is 29.4. The molecule has 1 aliphatic heterocycles. The summed E-state index contributed by atoms with van der Waals surface area (Å²) in [4.78, 5) is 17.2. The van der Waals surface area contributed by atoms with E-state index in [1.807, 2.05) is 0 Å². The van der Waals surface area contributed by atoms with Crippen molar-refractivity contribution < 1.29 is 4.79 Å². The van der Waals surface area contributed by atoms with Crippen molar-refractivity contribution in [2.24, 2.45) is 11.8 Å². The molecule has 2 rings (SSSR count). The highest BCUT2D eigenvalue weighted by Crippen LogP contribution is 2.24. The molecule has 1 heterocycles. The van der Waals surface area contributed by atoms with Gasteiger partial charge in [-0.1, -0.05) is 33.1 Å². The molecule has 0 N–H and O–H groups in total. The summed E-state index contributed by atoms with van der Waals surface area (Å²) >= 11 is 0. The predicted octanol–water partition coefficient (Wildman–Crippen LogP) is 3.15. The number of rotatable bonds is 4. The lowest BCUT2D eigenvalue weighted by Crippen LogP contribution is -2.49. The van der Waals surface area contributed by atoms with Crippen molar-refractivity contribution in [3.05, 3.63) is 0 Å². The fraction of sp³-hybridized carbons (Fsp3) is 0.941. The molecule has 0 aromatic rings. The molecule has 2 aliphatic rings. The number of piperidine rings is 1. The van der Waals surface area contributed by atoms with Crippen LogP contribution in [0.25, 0.3) is 0 Å². The molecule has 20 heavy (non-hydrogen) atoms. The summed E-state index contributed by atoms with van der Waals surface area (Å²) in [5, 5.41) is 0. The third-order valence-electron chi connectivity index (χ3n) is 4.98. The van der Waals surface area contributed by atoms with Crippen molar-refractivity contribution in [2.45, 2.75) is 65.3 Å². The van der Waals surface area contributed by atoms with Gasteiger partial charge in [0.15, 0.2) is 0 Å². The number of hydrogen-bond donors (Lipinski definition) is 0. The molecule has 1 amide bonds. The molecule has 0 aromatic carbocycles. The fourth-order valence-electron chi connectivity index (χ4n) is 4.23. The molecule has 1 aliphatic carbocycles. The number of carbonyl (C=O) groups is 1. The minimum atomic E-state index is 0.362. The smallest absolute Gasteiger partial charge is 0.236 e. The van der Waals surface area contributed by atoms with Crippen LogP contribution in [0.2, 0.25) is 0 Å². The van der Waals surface area contributed by atoms with Gasteiger partial charge in [0.1, 0.15) is 0 Å². The Morgan fingerprint density at radius 1 is 1.10 bits per heavy atom. The zero-order valence-electron chi connectivity index (χ0n) is 13.6. The summed E-state index contributed by atoms with van der Waals surface area (Å²) in [6.45, 7) is 10.5. The number of nitrogens with zero attached hydrogens (tertiary/aromatic N) is 2. The lowest BCUT2D eigenvalue weighted by Gasteiger charge is -2.38. The van der Waals surface area contributed by atoms with Crippen LogP contribution in [0.15, 0.2) is 0 Å². The first kappa shape index (κ1) is 15.8. The number of carbonyl (C=O) groups excluding carboxylic acids is 1. The monoisotopic (exact) mass is 280 g/mol. The Balaban J connectivity index is 1.88. The van der Waals surface area contributed by atoms with Crippen molar-refractivity contribution in [1.82, 2.24) is 9.80 Å². The van der Waals surface area contributed by atoms with Crippen LogP contribution in [-0.2, 0) is 4.79 Å². The van der Waals surface area contributed by atoms with Gasteiger partial charge < -0.3 is 4.90 Å². The van der Waals surface area contributed by atoms with E-state index in [4.69, 9.17) is 0 Å². The largest absolute Gasteiger partial charge is 0.339 e. The second kappa shape index (κ2) is 7.44. The highest BCUT2D eigenvalue weighted by molar-refractivity contribution is 5.78. The molecule has 0 radical (unpaired) electrons. The SMILES string of the molecule is CCN(C(=O)CN1CC(C)CC(C)C1)C1CCCCC1. The molecular weight excluding hydrogens is 248 g/mol. The molecule has 2 unspecified atom stereocenters. The highest BCUT2D eigenvalue weighted by Gasteiger charge is 2.28. The number of hydrogen-bond acceptors (Lipinski definition) is 2. The maximum absolute atomic E-state index is 12.6. The van der Waals surface area contributed by atoms with Crippen molar-refractivity contribution in [3.8, 4) is 0 Å². The van der Waals surface area contributed by atoms with Gasteiger partial charge in [0.2, 0.25) is 5.91 Å². The van der Waals surface area contributed by atoms with Crippen LogP contribution in [0.4, 0.5) is 0 Å². The van der Waals surface area contributed by atoms with Crippen LogP contribution in [0, 0.1) is 11.8 Å². The number of likely N-dealkylation sites (N-methyl/N-ethyl adjacent to an activating group) is 1. The van der Waals surface area contributed by atoms with Crippen LogP contribution in [0.5, 0.6) is 0 Å². The first-order valence-electron chi connectivity index (χ1n) is 8.62. The topological polar surface area (TPSA) is 23.6 Å². The van der Waals surface area contributed by atoms with Gasteiger partial charge in [-0.05, 0) is 38.0 Å². The van der Waals surface area contributed by atoms with E-state index in [2.05, 4.69) is 30.6 Å². The highest BCUT2D eigenvalue weighted by atomic mass is 16.2. The van der Waals surface area contributed by atoms with Crippen molar-refractivity contribution >= 4 is 5.91 Å². The summed E-state index contributed by atoms with van der Waals surface area (Å²) in [5.74, 6) is 1.83. The molecule has 0 spiro atoms. The van der Waals surface area contributed by atoms with Gasteiger partial charge in [-0.3, -0.25) is 9.69 Å². The first-order valence-corrected chi connectivity index (χ1v) is 8.62. The molecule has 3 nitrogen and oxygen atoms in total. The molecule has 116 valence electrons. The predicted molar refractivity (Wildman–Crippen MR) is 83.6 cm³/mol. The first-order chi connectivity index (χ1) is 9.60. The Hall–Kier alpha value is -0.570. The molecule has 0 aromatic heterocycles. The Morgan fingerprint density at radius 3 is 2.25 bits per heavy atom. The summed E-state index contributed by atoms with van der Waals surface area (Å²) in [7, 11) is 0. The summed E-state index contributed by atoms with van der Waals surface area (Å²) in [6.07, 6.45) is 7.69. The molecule has 1 saturated heterocycles. The maximum atomic E-state index is 12.6. The summed E-state index contributed by atoms with van der Waals surface area (Å²) in [6, 6.07) is 0.515. The van der Waals surface area contributed by atoms with Crippen LogP contribution >= 0.6 is 0 Å². The van der Waals surface area contributed by atoms with Gasteiger partial charge in [0, 0.05) is 25.7 Å². The molecule has 2 atom stereocenters. The van der Waals surface area contributed by atoms with Crippen LogP contribution in [-0.4, -0.2) is 47.9 Å². The van der Waals surface area contributed by atoms with E-state index >= 15 is 0 Å². The minimum Gasteiger partial charge on any atom is -0.339 e. The molecular formula is C17H32N2O. The molecule has 2 fully saturated rings. The summed E-state index contributed by atoms with van der Waals surface area (Å²) in [5.41, 5.74) is 0. The lowest BCUT2D eigenvalue weighted by molar-refractivity contribution is -0.135. The van der Waals surface area contributed by atoms with E-state index in [1.54, 1.807) is 0 Å². The van der Waals surface area contributed by atoms with Gasteiger partial charge >= 0.3 is 0 Å². The Labute approximate surface area is 124 Å². The van der Waals surface area contributed by atoms with Gasteiger partial charge in [0.25, 0.3) is 0 Å². The second-order valence-corrected chi connectivity index (χ2v) is 7.11. The minimum absolute atomic E-state index is 0.362. The Kier molecular flexibility index (Phi) is 5.88. The van der Waals surface area contributed by atoms with Gasteiger partial charge in [-0.2, -0.15) is 0 Å². The fourth-order valence-corrected chi connectivity index (χ4v) is 4.23. The molecule has 3 heteroatoms. The van der Waals surface area contributed by atoms with E-state index in [9.17, 15) is 4.79 Å². The number of likely N-dealkylation sites (tertiary alicyclic amines) is 1. The Bertz CT molecular complexity index is 302. The third-order valence-corrected chi connectivity index (χ3v) is 4.98. The van der Waals surface area contributed by atoms with Crippen LogP contribution < -0.4 is 0 Å². The van der Waals surface area contributed by atoms with Crippen molar-refractivity contribution in [3.63, 3.8) is 0 Å². The van der Waals surface area contributed by atoms with E-state index in [1.165, 1.54) is 38.5 Å². The standard InChI is InChI=1S/C17H32N2O/c1-4-19(16-8-6-5-7-9-16)17(20)13-18-11-14(2)10-15(3)12-18/h14-16H,4-13H2,1-3H3. The van der Waals surface area contributed by atoms with E-state index in [0.717, 1.165) is 31.5 Å². The zero-order valence-corrected chi connectivity index (χ0v) is 13.6. The van der Waals surface area contributed by atoms with Gasteiger partial charge in [-0.25, -0.2) is 0 Å². The van der Waals surface area contributed by atoms with Gasteiger partial charge in [-0.15, -0.1) is 0 Å². The van der Waals surface area contributed by atoms with Crippen molar-refractivity contribution in [2.75, 3.05) is 26.2 Å². The average molecular weight is 280 g/mol. The summed E-state index contributed by atoms with van der Waals surface area (Å²) < 4.78 is 0. The zero-order chi connectivity index (χ0) is 14.5. The van der Waals surface area contributed by atoms with Crippen molar-refractivity contribution in [1.29, 1.82) is 0 Å². The lowest BCUT2D eigenvalue weighted by atomic mass is 9.91. The van der Waals surface area contributed by atoms with Crippen LogP contribution in [0.3, 0.4) is 0 Å². The second-order valence-electron chi connectivity index (χ2n) is 7.11. The number of amides is 1. The van der Waals surface area contributed by atoms with Crippen LogP contribution in [0.1, 0.15) is 59.3 Å². The van der Waals surface area contributed by atoms with E-state index in [0.29, 0.717) is 18.5 Å².